The molecule has 0 radical (unpaired) electrons. The van der Waals surface area contributed by atoms with E-state index in [0.717, 1.165) is 6.07 Å². The van der Waals surface area contributed by atoms with Crippen LogP contribution in [0.15, 0.2) is 45.7 Å². The van der Waals surface area contributed by atoms with Crippen LogP contribution in [0.25, 0.3) is 11.0 Å². The molecule has 0 aliphatic heterocycles. The van der Waals surface area contributed by atoms with Crippen LogP contribution in [-0.4, -0.2) is 16.6 Å². The lowest BCUT2D eigenvalue weighted by Crippen LogP contribution is -2.03. The molecule has 0 aliphatic carbocycles. The van der Waals surface area contributed by atoms with E-state index >= 15 is 0 Å². The minimum Gasteiger partial charge on any atom is -0.475 e. The van der Waals surface area contributed by atoms with Crippen LogP contribution in [0.5, 0.6) is 0 Å². The van der Waals surface area contributed by atoms with E-state index in [4.69, 9.17) is 21.1 Å². The third kappa shape index (κ3) is 4.67. The van der Waals surface area contributed by atoms with Gasteiger partial charge in [0.1, 0.15) is 11.4 Å². The molecule has 0 fully saturated rings. The van der Waals surface area contributed by atoms with Gasteiger partial charge >= 0.3 is 11.5 Å². The zero-order valence-corrected chi connectivity index (χ0v) is 14.8. The van der Waals surface area contributed by atoms with E-state index in [1.807, 2.05) is 0 Å². The van der Waals surface area contributed by atoms with Crippen LogP contribution in [0.4, 0.5) is 23.2 Å². The second-order valence-corrected chi connectivity index (χ2v) is 6.96. The van der Waals surface area contributed by atoms with Crippen molar-refractivity contribution in [2.24, 2.45) is 0 Å². The average Bonchev–Trinajstić information content (AvgIpc) is 2.97. The fraction of sp³-hybridized carbons (Fsp3) is 0.118. The van der Waals surface area contributed by atoms with Gasteiger partial charge in [-0.05, 0) is 48.2 Å². The summed E-state index contributed by atoms with van der Waals surface area (Å²) in [6.07, 6.45) is 0. The number of thioether (sulfide) groups is 1. The number of nitrogens with one attached hydrogen (secondary N) is 1. The fourth-order valence-corrected chi connectivity index (χ4v) is 3.20. The molecule has 1 heterocycles. The van der Waals surface area contributed by atoms with Crippen molar-refractivity contribution in [1.82, 2.24) is 0 Å². The Bertz CT molecular complexity index is 1020. The zero-order chi connectivity index (χ0) is 19.8. The van der Waals surface area contributed by atoms with Crippen molar-refractivity contribution in [3.05, 3.63) is 58.6 Å². The first-order valence-corrected chi connectivity index (χ1v) is 8.56. The Morgan fingerprint density at radius 2 is 1.96 bits per heavy atom. The number of hydrogen-bond acceptors (Lipinski definition) is 4. The van der Waals surface area contributed by atoms with Gasteiger partial charge in [0.2, 0.25) is 5.76 Å². The molecule has 2 N–H and O–H groups in total. The summed E-state index contributed by atoms with van der Waals surface area (Å²) < 4.78 is 56.6. The first kappa shape index (κ1) is 19.4. The summed E-state index contributed by atoms with van der Waals surface area (Å²) in [6.45, 7) is -0.00698. The van der Waals surface area contributed by atoms with Gasteiger partial charge < -0.3 is 14.8 Å². The Balaban J connectivity index is 1.77. The van der Waals surface area contributed by atoms with Crippen LogP contribution in [0.1, 0.15) is 16.1 Å². The molecule has 0 atom stereocenters. The van der Waals surface area contributed by atoms with Crippen LogP contribution in [0, 0.1) is 5.82 Å². The number of fused-ring (bicyclic) bond motifs is 1. The van der Waals surface area contributed by atoms with E-state index < -0.39 is 17.3 Å². The van der Waals surface area contributed by atoms with Crippen LogP contribution in [-0.2, 0) is 6.54 Å². The first-order chi connectivity index (χ1) is 12.6. The molecule has 10 heteroatoms. The number of hydrogen-bond donors (Lipinski definition) is 2. The highest BCUT2D eigenvalue weighted by atomic mass is 35.5. The summed E-state index contributed by atoms with van der Waals surface area (Å²) in [5.41, 5.74) is -3.65. The maximum Gasteiger partial charge on any atom is 0.446 e. The molecule has 4 nitrogen and oxygen atoms in total. The van der Waals surface area contributed by atoms with Crippen molar-refractivity contribution in [3.8, 4) is 0 Å². The van der Waals surface area contributed by atoms with Crippen LogP contribution < -0.4 is 5.32 Å². The topological polar surface area (TPSA) is 62.5 Å². The largest absolute Gasteiger partial charge is 0.475 e. The molecule has 142 valence electrons. The van der Waals surface area contributed by atoms with E-state index in [9.17, 15) is 22.4 Å². The highest BCUT2D eigenvalue weighted by Crippen LogP contribution is 2.41. The van der Waals surface area contributed by atoms with E-state index in [0.29, 0.717) is 11.1 Å². The number of furan rings is 1. The number of alkyl halides is 3. The van der Waals surface area contributed by atoms with Crippen LogP contribution >= 0.6 is 23.4 Å². The Labute approximate surface area is 159 Å². The first-order valence-electron chi connectivity index (χ1n) is 7.37. The summed E-state index contributed by atoms with van der Waals surface area (Å²) in [7, 11) is 0. The number of rotatable bonds is 5. The highest BCUT2D eigenvalue weighted by Gasteiger charge is 2.30. The lowest BCUT2D eigenvalue weighted by molar-refractivity contribution is -0.0328. The maximum absolute atomic E-state index is 14.2. The van der Waals surface area contributed by atoms with Crippen molar-refractivity contribution in [2.75, 3.05) is 5.32 Å². The number of aromatic carboxylic acids is 1. The lowest BCUT2D eigenvalue weighted by atomic mass is 10.1. The molecule has 3 aromatic rings. The van der Waals surface area contributed by atoms with Gasteiger partial charge in [0.15, 0.2) is 0 Å². The third-order valence-electron chi connectivity index (χ3n) is 3.54. The number of anilines is 1. The minimum absolute atomic E-state index is 0.00698. The molecule has 0 bridgehead atoms. The second kappa shape index (κ2) is 7.32. The van der Waals surface area contributed by atoms with Crippen molar-refractivity contribution in [2.45, 2.75) is 16.9 Å². The molecule has 0 aliphatic rings. The summed E-state index contributed by atoms with van der Waals surface area (Å²) in [6, 6.07) is 7.65. The average molecular weight is 420 g/mol. The molecular formula is C17H10ClF4NO3S. The second-order valence-electron chi connectivity index (χ2n) is 5.44. The normalized spacial score (nSPS) is 11.7. The zero-order valence-electron chi connectivity index (χ0n) is 13.2. The Morgan fingerprint density at radius 3 is 2.59 bits per heavy atom. The molecule has 0 saturated carbocycles. The van der Waals surface area contributed by atoms with E-state index in [1.165, 1.54) is 30.3 Å². The predicted molar refractivity (Wildman–Crippen MR) is 93.8 cm³/mol. The van der Waals surface area contributed by atoms with Crippen LogP contribution in [0.3, 0.4) is 0 Å². The third-order valence-corrected chi connectivity index (χ3v) is 4.77. The number of benzene rings is 2. The number of halogens is 5. The van der Waals surface area contributed by atoms with E-state index in [1.54, 1.807) is 0 Å². The molecule has 0 amide bonds. The molecule has 1 aromatic heterocycles. The van der Waals surface area contributed by atoms with Gasteiger partial charge in [0, 0.05) is 28.1 Å². The summed E-state index contributed by atoms with van der Waals surface area (Å²) in [5.74, 6) is -2.15. The van der Waals surface area contributed by atoms with Gasteiger partial charge in [0.25, 0.3) is 0 Å². The molecular weight excluding hydrogens is 410 g/mol. The summed E-state index contributed by atoms with van der Waals surface area (Å²) in [4.78, 5) is 10.8. The Kier molecular flexibility index (Phi) is 5.25. The number of carboxylic acids is 1. The maximum atomic E-state index is 14.2. The molecule has 27 heavy (non-hydrogen) atoms. The standard InChI is InChI=1S/C17H10ClF4NO3S/c18-11-6-10(1-2-15(11)27-17(20,21)22)23-7-9-5-13-8(3-12(9)19)4-14(26-13)16(24)25/h1-6,23H,7H2,(H,24,25). The van der Waals surface area contributed by atoms with Gasteiger partial charge in [-0.25, -0.2) is 9.18 Å². The quantitative estimate of drug-likeness (QED) is 0.384. The fourth-order valence-electron chi connectivity index (χ4n) is 2.36. The lowest BCUT2D eigenvalue weighted by Gasteiger charge is -2.11. The van der Waals surface area contributed by atoms with Gasteiger partial charge in [-0.1, -0.05) is 11.6 Å². The number of carbonyl (C=O) groups is 1. The Hall–Kier alpha value is -2.39. The molecule has 0 saturated heterocycles. The van der Waals surface area contributed by atoms with Gasteiger partial charge in [-0.2, -0.15) is 13.2 Å². The van der Waals surface area contributed by atoms with Crippen LogP contribution in [0.2, 0.25) is 5.02 Å². The van der Waals surface area contributed by atoms with Gasteiger partial charge in [-0.15, -0.1) is 0 Å². The predicted octanol–water partition coefficient (Wildman–Crippen LogP) is 6.15. The van der Waals surface area contributed by atoms with Gasteiger partial charge in [-0.3, -0.25) is 0 Å². The summed E-state index contributed by atoms with van der Waals surface area (Å²) in [5, 5.41) is 12.0. The van der Waals surface area contributed by atoms with Crippen molar-refractivity contribution >= 4 is 46.0 Å². The van der Waals surface area contributed by atoms with Gasteiger partial charge in [0.05, 0.1) is 5.02 Å². The SMILES string of the molecule is O=C(O)c1cc2cc(F)c(CNc3ccc(SC(F)(F)F)c(Cl)c3)cc2o1. The molecule has 2 aromatic carbocycles. The molecule has 0 unspecified atom stereocenters. The monoisotopic (exact) mass is 419 g/mol. The Morgan fingerprint density at radius 1 is 1.22 bits per heavy atom. The van der Waals surface area contributed by atoms with Crippen molar-refractivity contribution in [1.29, 1.82) is 0 Å². The van der Waals surface area contributed by atoms with E-state index in [2.05, 4.69) is 5.32 Å². The molecule has 0 spiro atoms. The van der Waals surface area contributed by atoms with Crippen molar-refractivity contribution in [3.63, 3.8) is 0 Å². The molecule has 3 rings (SSSR count). The summed E-state index contributed by atoms with van der Waals surface area (Å²) >= 11 is 5.53. The minimum atomic E-state index is -4.45. The number of carboxylic acid groups (broad SMARTS) is 1. The van der Waals surface area contributed by atoms with E-state index in [-0.39, 0.29) is 45.1 Å². The van der Waals surface area contributed by atoms with Crippen molar-refractivity contribution < 1.29 is 31.9 Å². The highest BCUT2D eigenvalue weighted by molar-refractivity contribution is 8.00. The smallest absolute Gasteiger partial charge is 0.446 e.